The van der Waals surface area contributed by atoms with E-state index in [1.54, 1.807) is 0 Å². The Bertz CT molecular complexity index is 319. The first-order valence-electron chi connectivity index (χ1n) is 6.92. The maximum atomic E-state index is 5.92. The summed E-state index contributed by atoms with van der Waals surface area (Å²) in [6.07, 6.45) is 5.26. The van der Waals surface area contributed by atoms with E-state index in [2.05, 4.69) is 6.92 Å². The van der Waals surface area contributed by atoms with Crippen LogP contribution in [0.4, 0.5) is 0 Å². The summed E-state index contributed by atoms with van der Waals surface area (Å²) in [6.45, 7) is 3.14. The highest BCUT2D eigenvalue weighted by molar-refractivity contribution is 5.05. The highest BCUT2D eigenvalue weighted by Gasteiger charge is 2.64. The van der Waals surface area contributed by atoms with Crippen LogP contribution < -0.4 is 0 Å². The highest BCUT2D eigenvalue weighted by atomic mass is 17.2. The van der Waals surface area contributed by atoms with Crippen molar-refractivity contribution in [3.8, 4) is 0 Å². The van der Waals surface area contributed by atoms with E-state index in [-0.39, 0.29) is 18.2 Å². The second-order valence-corrected chi connectivity index (χ2v) is 6.03. The molecule has 0 aromatic rings. The van der Waals surface area contributed by atoms with Crippen molar-refractivity contribution in [2.75, 3.05) is 6.61 Å². The average molecular weight is 240 g/mol. The third-order valence-electron chi connectivity index (χ3n) is 5.27. The molecule has 1 aliphatic carbocycles. The van der Waals surface area contributed by atoms with Crippen LogP contribution in [0.1, 0.15) is 39.0 Å². The topological polar surface area (TPSA) is 36.9 Å². The number of fused-ring (bicyclic) bond motifs is 2. The first-order chi connectivity index (χ1) is 8.30. The van der Waals surface area contributed by atoms with Crippen molar-refractivity contribution < 1.29 is 19.2 Å². The molecule has 0 aromatic carbocycles. The third kappa shape index (κ3) is 1.33. The van der Waals surface area contributed by atoms with Gasteiger partial charge in [0.1, 0.15) is 0 Å². The van der Waals surface area contributed by atoms with Crippen molar-refractivity contribution in [2.45, 2.75) is 57.2 Å². The van der Waals surface area contributed by atoms with Crippen molar-refractivity contribution in [1.82, 2.24) is 0 Å². The Morgan fingerprint density at radius 2 is 2.00 bits per heavy atom. The lowest BCUT2D eigenvalue weighted by molar-refractivity contribution is -0.535. The molecule has 5 fully saturated rings. The van der Waals surface area contributed by atoms with E-state index in [1.807, 2.05) is 0 Å². The van der Waals surface area contributed by atoms with Gasteiger partial charge in [0.15, 0.2) is 18.2 Å². The molecule has 4 saturated heterocycles. The lowest BCUT2D eigenvalue weighted by Crippen LogP contribution is -2.65. The number of hydrogen-bond acceptors (Lipinski definition) is 4. The molecule has 1 spiro atoms. The summed E-state index contributed by atoms with van der Waals surface area (Å²) < 4.78 is 11.8. The van der Waals surface area contributed by atoms with Crippen molar-refractivity contribution in [3.63, 3.8) is 0 Å². The van der Waals surface area contributed by atoms with E-state index in [1.165, 1.54) is 12.8 Å². The number of rotatable bonds is 0. The Hall–Kier alpha value is -0.160. The van der Waals surface area contributed by atoms with E-state index in [4.69, 9.17) is 19.2 Å². The first-order valence-corrected chi connectivity index (χ1v) is 6.92. The quantitative estimate of drug-likeness (QED) is 0.608. The van der Waals surface area contributed by atoms with Gasteiger partial charge < -0.3 is 9.47 Å². The van der Waals surface area contributed by atoms with Crippen molar-refractivity contribution in [1.29, 1.82) is 0 Å². The summed E-state index contributed by atoms with van der Waals surface area (Å²) in [5, 5.41) is 0. The lowest BCUT2D eigenvalue weighted by atomic mass is 9.61. The van der Waals surface area contributed by atoms with Gasteiger partial charge in [0.2, 0.25) is 0 Å². The zero-order valence-corrected chi connectivity index (χ0v) is 10.3. The van der Waals surface area contributed by atoms with Crippen LogP contribution >= 0.6 is 0 Å². The molecule has 4 heterocycles. The van der Waals surface area contributed by atoms with E-state index in [0.29, 0.717) is 17.8 Å². The van der Waals surface area contributed by atoms with E-state index in [9.17, 15) is 0 Å². The Morgan fingerprint density at radius 3 is 2.94 bits per heavy atom. The predicted molar refractivity (Wildman–Crippen MR) is 58.7 cm³/mol. The van der Waals surface area contributed by atoms with Crippen LogP contribution in [0.25, 0.3) is 0 Å². The van der Waals surface area contributed by atoms with Gasteiger partial charge >= 0.3 is 0 Å². The minimum absolute atomic E-state index is 0.199. The minimum atomic E-state index is -0.317. The average Bonchev–Trinajstić information content (AvgIpc) is 2.63. The Labute approximate surface area is 101 Å². The molecular weight excluding hydrogens is 220 g/mol. The molecule has 0 radical (unpaired) electrons. The largest absolute Gasteiger partial charge is 0.349 e. The molecule has 2 bridgehead atoms. The molecule has 0 N–H and O–H groups in total. The van der Waals surface area contributed by atoms with Crippen LogP contribution in [0, 0.1) is 17.8 Å². The monoisotopic (exact) mass is 240 g/mol. The van der Waals surface area contributed by atoms with Crippen LogP contribution in [-0.4, -0.2) is 24.8 Å². The zero-order chi connectivity index (χ0) is 11.5. The van der Waals surface area contributed by atoms with Gasteiger partial charge in [-0.1, -0.05) is 6.92 Å². The van der Waals surface area contributed by atoms with Crippen molar-refractivity contribution >= 4 is 0 Å². The van der Waals surface area contributed by atoms with Crippen LogP contribution in [0.5, 0.6) is 0 Å². The summed E-state index contributed by atoms with van der Waals surface area (Å²) in [4.78, 5) is 11.3. The zero-order valence-electron chi connectivity index (χ0n) is 10.3. The second-order valence-electron chi connectivity index (χ2n) is 6.03. The van der Waals surface area contributed by atoms with Gasteiger partial charge in [0.25, 0.3) is 0 Å². The SMILES string of the molecule is CC1CCC2CCOC3OC4CCC1C23OO4. The number of ether oxygens (including phenoxy) is 2. The molecule has 17 heavy (non-hydrogen) atoms. The molecule has 6 unspecified atom stereocenters. The third-order valence-corrected chi connectivity index (χ3v) is 5.27. The molecule has 4 heteroatoms. The van der Waals surface area contributed by atoms with Crippen molar-refractivity contribution in [2.24, 2.45) is 17.8 Å². The molecular formula is C13H20O4. The van der Waals surface area contributed by atoms with Gasteiger partial charge in [-0.25, -0.2) is 9.78 Å². The Balaban J connectivity index is 1.79. The molecule has 96 valence electrons. The Morgan fingerprint density at radius 1 is 1.06 bits per heavy atom. The summed E-state index contributed by atoms with van der Waals surface area (Å²) in [5.74, 6) is 1.75. The van der Waals surface area contributed by atoms with Gasteiger partial charge in [0.05, 0.1) is 6.61 Å². The minimum Gasteiger partial charge on any atom is -0.349 e. The van der Waals surface area contributed by atoms with Crippen LogP contribution in [0.2, 0.25) is 0 Å². The highest BCUT2D eigenvalue weighted by Crippen LogP contribution is 2.56. The molecule has 1 saturated carbocycles. The molecule has 6 atom stereocenters. The summed E-state index contributed by atoms with van der Waals surface area (Å²) in [7, 11) is 0. The van der Waals surface area contributed by atoms with E-state index >= 15 is 0 Å². The van der Waals surface area contributed by atoms with E-state index < -0.39 is 0 Å². The Kier molecular flexibility index (Phi) is 2.32. The normalized spacial score (nSPS) is 57.4. The predicted octanol–water partition coefficient (Wildman–Crippen LogP) is 2.23. The fourth-order valence-electron chi connectivity index (χ4n) is 4.38. The van der Waals surface area contributed by atoms with Gasteiger partial charge in [-0.05, 0) is 43.4 Å². The van der Waals surface area contributed by atoms with Gasteiger partial charge in [0, 0.05) is 6.42 Å². The summed E-state index contributed by atoms with van der Waals surface area (Å²) in [6, 6.07) is 0. The van der Waals surface area contributed by atoms with Gasteiger partial charge in [-0.2, -0.15) is 0 Å². The van der Waals surface area contributed by atoms with Crippen LogP contribution in [-0.2, 0) is 19.2 Å². The van der Waals surface area contributed by atoms with Crippen molar-refractivity contribution in [3.05, 3.63) is 0 Å². The molecule has 4 nitrogen and oxygen atoms in total. The molecule has 0 aromatic heterocycles. The molecule has 4 aliphatic heterocycles. The summed E-state index contributed by atoms with van der Waals surface area (Å²) >= 11 is 0. The fourth-order valence-corrected chi connectivity index (χ4v) is 4.38. The summed E-state index contributed by atoms with van der Waals surface area (Å²) in [5.41, 5.74) is -0.317. The lowest BCUT2D eigenvalue weighted by Gasteiger charge is -2.56. The number of hydrogen-bond donors (Lipinski definition) is 0. The maximum absolute atomic E-state index is 5.92. The maximum Gasteiger partial charge on any atom is 0.194 e. The standard InChI is InChI=1S/C13H20O4/c1-8-2-3-9-6-7-14-12-13(9)10(8)4-5-11(15-12)16-17-13/h8-12H,2-7H2,1H3. The molecule has 0 amide bonds. The molecule has 5 rings (SSSR count). The van der Waals surface area contributed by atoms with E-state index in [0.717, 1.165) is 25.9 Å². The van der Waals surface area contributed by atoms with Crippen LogP contribution in [0.15, 0.2) is 0 Å². The smallest absolute Gasteiger partial charge is 0.194 e. The fraction of sp³-hybridized carbons (Fsp3) is 1.00. The van der Waals surface area contributed by atoms with Crippen LogP contribution in [0.3, 0.4) is 0 Å². The van der Waals surface area contributed by atoms with Gasteiger partial charge in [-0.3, -0.25) is 0 Å². The molecule has 5 aliphatic rings. The second kappa shape index (κ2) is 3.67. The first kappa shape index (κ1) is 10.7. The van der Waals surface area contributed by atoms with Gasteiger partial charge in [-0.15, -0.1) is 0 Å².